The maximum atomic E-state index is 12.8. The number of para-hydroxylation sites is 2. The Morgan fingerprint density at radius 2 is 1.93 bits per heavy atom. The van der Waals surface area contributed by atoms with E-state index in [2.05, 4.69) is 33.5 Å². The minimum Gasteiger partial charge on any atom is -0.495 e. The first-order chi connectivity index (χ1) is 13.6. The molecule has 7 nitrogen and oxygen atoms in total. The van der Waals surface area contributed by atoms with E-state index in [1.54, 1.807) is 7.11 Å². The number of rotatable bonds is 5. The maximum Gasteiger partial charge on any atom is 0.322 e. The number of nitrogens with one attached hydrogen (secondary N) is 2. The van der Waals surface area contributed by atoms with Gasteiger partial charge in [-0.15, -0.1) is 0 Å². The largest absolute Gasteiger partial charge is 0.495 e. The Balaban J connectivity index is 1.66. The van der Waals surface area contributed by atoms with Crippen LogP contribution in [0.5, 0.6) is 5.75 Å². The number of hydrogen-bond acceptors (Lipinski definition) is 5. The number of anilines is 3. The Kier molecular flexibility index (Phi) is 6.23. The Hall–Kier alpha value is -2.96. The highest BCUT2D eigenvalue weighted by Crippen LogP contribution is 2.29. The van der Waals surface area contributed by atoms with Crippen molar-refractivity contribution in [3.8, 4) is 5.75 Å². The smallest absolute Gasteiger partial charge is 0.322 e. The fourth-order valence-electron chi connectivity index (χ4n) is 3.53. The third-order valence-electron chi connectivity index (χ3n) is 5.17. The lowest BCUT2D eigenvalue weighted by Gasteiger charge is -2.36. The van der Waals surface area contributed by atoms with Crippen LogP contribution in [-0.4, -0.2) is 56.3 Å². The zero-order chi connectivity index (χ0) is 20.1. The van der Waals surface area contributed by atoms with Gasteiger partial charge in [-0.25, -0.2) is 9.78 Å². The molecule has 0 radical (unpaired) electrons. The summed E-state index contributed by atoms with van der Waals surface area (Å²) in [5, 5.41) is 6.10. The number of nitrogens with zero attached hydrogens (tertiary/aromatic N) is 3. The van der Waals surface area contributed by atoms with Gasteiger partial charge in [-0.2, -0.15) is 0 Å². The molecule has 0 saturated carbocycles. The highest BCUT2D eigenvalue weighted by atomic mass is 16.5. The van der Waals surface area contributed by atoms with E-state index in [0.29, 0.717) is 18.9 Å². The molecule has 2 N–H and O–H groups in total. The molecule has 1 saturated heterocycles. The van der Waals surface area contributed by atoms with Gasteiger partial charge >= 0.3 is 6.03 Å². The van der Waals surface area contributed by atoms with Gasteiger partial charge in [0, 0.05) is 38.9 Å². The van der Waals surface area contributed by atoms with Gasteiger partial charge in [0.05, 0.1) is 18.5 Å². The molecule has 150 valence electrons. The summed E-state index contributed by atoms with van der Waals surface area (Å²) in [7, 11) is 3.50. The summed E-state index contributed by atoms with van der Waals surface area (Å²) in [4.78, 5) is 21.5. The second kappa shape index (κ2) is 8.82. The van der Waals surface area contributed by atoms with Gasteiger partial charge < -0.3 is 25.2 Å². The van der Waals surface area contributed by atoms with Crippen LogP contribution in [0, 0.1) is 6.92 Å². The van der Waals surface area contributed by atoms with Crippen LogP contribution in [0.3, 0.4) is 0 Å². The van der Waals surface area contributed by atoms with Crippen molar-refractivity contribution in [2.24, 2.45) is 0 Å². The van der Waals surface area contributed by atoms with E-state index >= 15 is 0 Å². The molecule has 3 rings (SSSR count). The fourth-order valence-corrected chi connectivity index (χ4v) is 3.53. The first-order valence-electron chi connectivity index (χ1n) is 9.69. The lowest BCUT2D eigenvalue weighted by Crippen LogP contribution is -2.50. The van der Waals surface area contributed by atoms with Crippen molar-refractivity contribution >= 4 is 23.2 Å². The van der Waals surface area contributed by atoms with Crippen LogP contribution in [0.2, 0.25) is 0 Å². The third kappa shape index (κ3) is 4.13. The number of benzene rings is 1. The second-order valence-corrected chi connectivity index (χ2v) is 6.81. The number of carbonyl (C=O) groups is 1. The molecule has 0 unspecified atom stereocenters. The predicted molar refractivity (Wildman–Crippen MR) is 114 cm³/mol. The molecule has 0 bridgehead atoms. The molecule has 1 aliphatic heterocycles. The predicted octanol–water partition coefficient (Wildman–Crippen LogP) is 3.36. The van der Waals surface area contributed by atoms with Crippen LogP contribution in [0.25, 0.3) is 0 Å². The minimum atomic E-state index is -0.0936. The lowest BCUT2D eigenvalue weighted by atomic mass is 10.1. The molecule has 0 aliphatic carbocycles. The standard InChI is InChI=1S/C21H29N5O2/c1-5-16-14-17(20(22-3)23-15(16)2)24-21(27)26-12-10-25(11-13-26)18-8-6-7-9-19(18)28-4/h6-9,14H,5,10-13H2,1-4H3,(H,22,23)(H,24,27). The van der Waals surface area contributed by atoms with Crippen LogP contribution >= 0.6 is 0 Å². The molecule has 0 spiro atoms. The average molecular weight is 383 g/mol. The van der Waals surface area contributed by atoms with Gasteiger partial charge in [0.2, 0.25) is 0 Å². The maximum absolute atomic E-state index is 12.8. The van der Waals surface area contributed by atoms with E-state index < -0.39 is 0 Å². The monoisotopic (exact) mass is 383 g/mol. The lowest BCUT2D eigenvalue weighted by molar-refractivity contribution is 0.208. The number of ether oxygens (including phenoxy) is 1. The Morgan fingerprint density at radius 3 is 2.57 bits per heavy atom. The van der Waals surface area contributed by atoms with Crippen molar-refractivity contribution < 1.29 is 9.53 Å². The first-order valence-corrected chi connectivity index (χ1v) is 9.69. The normalized spacial score (nSPS) is 14.0. The number of aryl methyl sites for hydroxylation is 2. The van der Waals surface area contributed by atoms with Gasteiger partial charge in [-0.05, 0) is 37.1 Å². The summed E-state index contributed by atoms with van der Waals surface area (Å²) in [6.45, 7) is 6.91. The second-order valence-electron chi connectivity index (χ2n) is 6.81. The number of piperazine rings is 1. The number of pyridine rings is 1. The van der Waals surface area contributed by atoms with Crippen molar-refractivity contribution in [3.63, 3.8) is 0 Å². The number of urea groups is 1. The Labute approximate surface area is 166 Å². The summed E-state index contributed by atoms with van der Waals surface area (Å²) >= 11 is 0. The van der Waals surface area contributed by atoms with Crippen LogP contribution in [0.15, 0.2) is 30.3 Å². The van der Waals surface area contributed by atoms with E-state index in [-0.39, 0.29) is 6.03 Å². The summed E-state index contributed by atoms with van der Waals surface area (Å²) in [5.41, 5.74) is 3.91. The number of hydrogen-bond donors (Lipinski definition) is 2. The van der Waals surface area contributed by atoms with Gasteiger partial charge in [-0.1, -0.05) is 19.1 Å². The van der Waals surface area contributed by atoms with Crippen molar-refractivity contribution in [1.82, 2.24) is 9.88 Å². The summed E-state index contributed by atoms with van der Waals surface area (Å²) in [5.74, 6) is 1.55. The van der Waals surface area contributed by atoms with E-state index in [1.807, 2.05) is 43.1 Å². The number of methoxy groups -OCH3 is 1. The molecular weight excluding hydrogens is 354 g/mol. The molecular formula is C21H29N5O2. The molecule has 1 fully saturated rings. The van der Waals surface area contributed by atoms with E-state index in [4.69, 9.17) is 4.74 Å². The molecule has 1 aliphatic rings. The SMILES string of the molecule is CCc1cc(NC(=O)N2CCN(c3ccccc3OC)CC2)c(NC)nc1C. The van der Waals surface area contributed by atoms with Gasteiger partial charge in [-0.3, -0.25) is 0 Å². The van der Waals surface area contributed by atoms with Crippen LogP contribution < -0.4 is 20.3 Å². The summed E-state index contributed by atoms with van der Waals surface area (Å²) < 4.78 is 5.46. The van der Waals surface area contributed by atoms with Gasteiger partial charge in [0.15, 0.2) is 0 Å². The number of carbonyl (C=O) groups excluding carboxylic acids is 1. The molecule has 2 amide bonds. The fraction of sp³-hybridized carbons (Fsp3) is 0.429. The van der Waals surface area contributed by atoms with Crippen LogP contribution in [0.1, 0.15) is 18.2 Å². The first kappa shape index (κ1) is 19.8. The molecule has 7 heteroatoms. The van der Waals surface area contributed by atoms with E-state index in [9.17, 15) is 4.79 Å². The topological polar surface area (TPSA) is 69.7 Å². The highest BCUT2D eigenvalue weighted by Gasteiger charge is 2.23. The van der Waals surface area contributed by atoms with Crippen LogP contribution in [-0.2, 0) is 6.42 Å². The minimum absolute atomic E-state index is 0.0936. The van der Waals surface area contributed by atoms with Crippen molar-refractivity contribution in [2.45, 2.75) is 20.3 Å². The van der Waals surface area contributed by atoms with Gasteiger partial charge in [0.25, 0.3) is 0 Å². The number of aromatic nitrogens is 1. The zero-order valence-electron chi connectivity index (χ0n) is 17.1. The molecule has 1 aromatic carbocycles. The third-order valence-corrected chi connectivity index (χ3v) is 5.17. The average Bonchev–Trinajstić information content (AvgIpc) is 2.74. The molecule has 2 aromatic rings. The quantitative estimate of drug-likeness (QED) is 0.829. The summed E-state index contributed by atoms with van der Waals surface area (Å²) in [6.07, 6.45) is 0.878. The summed E-state index contributed by atoms with van der Waals surface area (Å²) in [6, 6.07) is 9.90. The number of amides is 2. The Bertz CT molecular complexity index is 832. The zero-order valence-corrected chi connectivity index (χ0v) is 17.1. The van der Waals surface area contributed by atoms with Crippen molar-refractivity contribution in [2.75, 3.05) is 55.9 Å². The molecule has 0 atom stereocenters. The van der Waals surface area contributed by atoms with E-state index in [0.717, 1.165) is 47.9 Å². The Morgan fingerprint density at radius 1 is 1.21 bits per heavy atom. The molecule has 1 aromatic heterocycles. The van der Waals surface area contributed by atoms with Crippen LogP contribution in [0.4, 0.5) is 22.0 Å². The van der Waals surface area contributed by atoms with E-state index in [1.165, 1.54) is 0 Å². The van der Waals surface area contributed by atoms with Crippen molar-refractivity contribution in [3.05, 3.63) is 41.6 Å². The molecule has 28 heavy (non-hydrogen) atoms. The highest BCUT2D eigenvalue weighted by molar-refractivity contribution is 5.92. The van der Waals surface area contributed by atoms with Crippen molar-refractivity contribution in [1.29, 1.82) is 0 Å². The molecule has 2 heterocycles. The van der Waals surface area contributed by atoms with Gasteiger partial charge in [0.1, 0.15) is 11.6 Å².